The molecule has 3 atom stereocenters. The average Bonchev–Trinajstić information content (AvgIpc) is 3.32. The van der Waals surface area contributed by atoms with Crippen molar-refractivity contribution in [3.8, 4) is 0 Å². The van der Waals surface area contributed by atoms with Crippen molar-refractivity contribution in [2.75, 3.05) is 40.9 Å². The van der Waals surface area contributed by atoms with Gasteiger partial charge in [-0.3, -0.25) is 18.6 Å². The van der Waals surface area contributed by atoms with Crippen LogP contribution in [0.15, 0.2) is 36.5 Å². The molecule has 2 N–H and O–H groups in total. The molecule has 0 bridgehead atoms. The van der Waals surface area contributed by atoms with Gasteiger partial charge in [-0.15, -0.1) is 0 Å². The number of hydrogen-bond donors (Lipinski definition) is 2. The Labute approximate surface area is 434 Å². The van der Waals surface area contributed by atoms with Crippen LogP contribution >= 0.6 is 7.82 Å². The molecule has 1 amide bonds. The molecule has 3 unspecified atom stereocenters. The fourth-order valence-electron chi connectivity index (χ4n) is 8.68. The lowest BCUT2D eigenvalue weighted by atomic mass is 10.0. The van der Waals surface area contributed by atoms with E-state index in [4.69, 9.17) is 13.8 Å². The summed E-state index contributed by atoms with van der Waals surface area (Å²) < 4.78 is 30.6. The standard InChI is InChI=1S/C60H115N2O7P/c1-7-10-13-16-19-22-25-27-29-31-33-35-38-41-44-47-50-53-60(64)69-58(51-48-45-42-39-36-24-21-18-15-12-9-3)57(56-68-70(65,66)67-55-54-62(4,5)6)61-59(63)52-49-46-43-40-37-34-32-30-28-26-23-20-17-14-11-8-2/h19,22,27,29,48,51,57-58H,7-18,20-21,23-26,28,30-47,49-50,52-56H2,1-6H3,(H-,61,63,65,66)/p+1/b22-19-,29-27-,51-48+. The highest BCUT2D eigenvalue weighted by molar-refractivity contribution is 7.47. The fourth-order valence-corrected chi connectivity index (χ4v) is 9.41. The van der Waals surface area contributed by atoms with E-state index in [1.807, 2.05) is 33.3 Å². The number of carbonyl (C=O) groups excluding carboxylic acids is 2. The predicted octanol–water partition coefficient (Wildman–Crippen LogP) is 17.9. The molecule has 0 fully saturated rings. The smallest absolute Gasteiger partial charge is 0.456 e. The zero-order valence-electron chi connectivity index (χ0n) is 47.0. The maximum Gasteiger partial charge on any atom is 0.472 e. The van der Waals surface area contributed by atoms with Crippen molar-refractivity contribution in [2.24, 2.45) is 0 Å². The third-order valence-electron chi connectivity index (χ3n) is 13.3. The molecule has 0 radical (unpaired) electrons. The number of quaternary nitrogens is 1. The average molecular weight is 1010 g/mol. The van der Waals surface area contributed by atoms with E-state index < -0.39 is 20.0 Å². The molecule has 0 saturated carbocycles. The molecule has 0 spiro atoms. The van der Waals surface area contributed by atoms with Gasteiger partial charge in [0, 0.05) is 12.8 Å². The van der Waals surface area contributed by atoms with Crippen LogP contribution < -0.4 is 5.32 Å². The van der Waals surface area contributed by atoms with Gasteiger partial charge in [0.25, 0.3) is 0 Å². The zero-order valence-corrected chi connectivity index (χ0v) is 47.9. The summed E-state index contributed by atoms with van der Waals surface area (Å²) in [6.45, 7) is 7.00. The van der Waals surface area contributed by atoms with Crippen molar-refractivity contribution in [3.05, 3.63) is 36.5 Å². The minimum absolute atomic E-state index is 0.0410. The van der Waals surface area contributed by atoms with Gasteiger partial charge in [0.2, 0.25) is 5.91 Å². The molecule has 0 heterocycles. The number of amides is 1. The van der Waals surface area contributed by atoms with Crippen LogP contribution in [0.4, 0.5) is 0 Å². The summed E-state index contributed by atoms with van der Waals surface area (Å²) in [7, 11) is 1.50. The van der Waals surface area contributed by atoms with Crippen molar-refractivity contribution in [3.63, 3.8) is 0 Å². The first-order chi connectivity index (χ1) is 33.9. The van der Waals surface area contributed by atoms with Gasteiger partial charge in [-0.05, 0) is 63.9 Å². The van der Waals surface area contributed by atoms with Gasteiger partial charge < -0.3 is 19.4 Å². The zero-order chi connectivity index (χ0) is 51.5. The Morgan fingerprint density at radius 2 is 0.871 bits per heavy atom. The molecule has 0 aliphatic heterocycles. The number of allylic oxidation sites excluding steroid dienone is 5. The molecular formula is C60H116N2O7P+. The first kappa shape index (κ1) is 68.2. The molecule has 0 aromatic heterocycles. The quantitative estimate of drug-likeness (QED) is 0.0205. The minimum atomic E-state index is -4.44. The first-order valence-electron chi connectivity index (χ1n) is 29.8. The maximum atomic E-state index is 13.5. The van der Waals surface area contributed by atoms with Gasteiger partial charge in [-0.25, -0.2) is 4.57 Å². The van der Waals surface area contributed by atoms with E-state index in [0.29, 0.717) is 17.4 Å². The molecule has 0 aliphatic rings. The largest absolute Gasteiger partial charge is 0.472 e. The van der Waals surface area contributed by atoms with E-state index >= 15 is 0 Å². The Balaban J connectivity index is 5.27. The Morgan fingerprint density at radius 1 is 0.500 bits per heavy atom. The van der Waals surface area contributed by atoms with Crippen LogP contribution in [0.5, 0.6) is 0 Å². The summed E-state index contributed by atoms with van der Waals surface area (Å²) >= 11 is 0. The molecule has 412 valence electrons. The van der Waals surface area contributed by atoms with Gasteiger partial charge in [-0.1, -0.05) is 244 Å². The van der Waals surface area contributed by atoms with Crippen molar-refractivity contribution < 1.29 is 37.3 Å². The molecule has 0 saturated heterocycles. The third-order valence-corrected chi connectivity index (χ3v) is 14.3. The van der Waals surface area contributed by atoms with Crippen LogP contribution in [0.2, 0.25) is 0 Å². The van der Waals surface area contributed by atoms with E-state index in [1.165, 1.54) is 173 Å². The summed E-state index contributed by atoms with van der Waals surface area (Å²) in [4.78, 5) is 37.6. The summed E-state index contributed by atoms with van der Waals surface area (Å²) in [6.07, 6.45) is 59.9. The number of carbonyl (C=O) groups is 2. The lowest BCUT2D eigenvalue weighted by Crippen LogP contribution is -2.47. The Bertz CT molecular complexity index is 1300. The van der Waals surface area contributed by atoms with Gasteiger partial charge >= 0.3 is 13.8 Å². The van der Waals surface area contributed by atoms with E-state index in [-0.39, 0.29) is 31.5 Å². The normalized spacial score (nSPS) is 14.0. The van der Waals surface area contributed by atoms with Crippen molar-refractivity contribution >= 4 is 19.7 Å². The van der Waals surface area contributed by atoms with E-state index in [1.54, 1.807) is 0 Å². The van der Waals surface area contributed by atoms with E-state index in [9.17, 15) is 19.0 Å². The number of nitrogens with zero attached hydrogens (tertiary/aromatic N) is 1. The van der Waals surface area contributed by atoms with Crippen molar-refractivity contribution in [1.82, 2.24) is 5.32 Å². The molecule has 0 aromatic carbocycles. The number of rotatable bonds is 54. The molecule has 0 aliphatic carbocycles. The Morgan fingerprint density at radius 3 is 1.31 bits per heavy atom. The number of ether oxygens (including phenoxy) is 1. The Kier molecular flexibility index (Phi) is 49.5. The number of nitrogens with one attached hydrogen (secondary N) is 1. The summed E-state index contributed by atoms with van der Waals surface area (Å²) in [5, 5.41) is 3.05. The molecule has 9 nitrogen and oxygen atoms in total. The van der Waals surface area contributed by atoms with Crippen LogP contribution in [0, 0.1) is 0 Å². The third kappa shape index (κ3) is 51.1. The maximum absolute atomic E-state index is 13.5. The van der Waals surface area contributed by atoms with Crippen LogP contribution in [-0.2, 0) is 27.9 Å². The SMILES string of the molecule is CCCCC/C=C\C/C=C\CCCCCCCCCC(=O)OC(/C=C/CCCCCCCCCCC)C(COP(=O)(O)OCC[N+](C)(C)C)NC(=O)CCCCCCCCCCCCCCCCCC. The molecule has 70 heavy (non-hydrogen) atoms. The lowest BCUT2D eigenvalue weighted by Gasteiger charge is -2.27. The summed E-state index contributed by atoms with van der Waals surface area (Å²) in [5.41, 5.74) is 0. The van der Waals surface area contributed by atoms with Crippen LogP contribution in [0.1, 0.15) is 284 Å². The van der Waals surface area contributed by atoms with Gasteiger partial charge in [0.15, 0.2) is 0 Å². The highest BCUT2D eigenvalue weighted by atomic mass is 31.2. The monoisotopic (exact) mass is 1010 g/mol. The van der Waals surface area contributed by atoms with E-state index in [0.717, 1.165) is 77.0 Å². The lowest BCUT2D eigenvalue weighted by molar-refractivity contribution is -0.870. The Hall–Kier alpha value is -1.77. The van der Waals surface area contributed by atoms with Gasteiger partial charge in [0.05, 0.1) is 33.8 Å². The van der Waals surface area contributed by atoms with Crippen molar-refractivity contribution in [2.45, 2.75) is 296 Å². The number of likely N-dealkylation sites (N-methyl/N-ethyl adjacent to an activating group) is 1. The number of phosphoric acid groups is 1. The topological polar surface area (TPSA) is 111 Å². The molecule has 0 rings (SSSR count). The molecular weight excluding hydrogens is 892 g/mol. The molecule has 10 heteroatoms. The summed E-state index contributed by atoms with van der Waals surface area (Å²) in [6, 6.07) is -0.846. The van der Waals surface area contributed by atoms with Crippen LogP contribution in [0.25, 0.3) is 0 Å². The van der Waals surface area contributed by atoms with Crippen molar-refractivity contribution in [1.29, 1.82) is 0 Å². The molecule has 0 aromatic rings. The minimum Gasteiger partial charge on any atom is -0.456 e. The number of unbranched alkanes of at least 4 members (excludes halogenated alkanes) is 34. The number of esters is 1. The van der Waals surface area contributed by atoms with E-state index in [2.05, 4.69) is 50.4 Å². The van der Waals surface area contributed by atoms with Crippen LogP contribution in [-0.4, -0.2) is 74.3 Å². The second kappa shape index (κ2) is 50.7. The second-order valence-corrected chi connectivity index (χ2v) is 23.0. The first-order valence-corrected chi connectivity index (χ1v) is 31.3. The highest BCUT2D eigenvalue weighted by Gasteiger charge is 2.30. The van der Waals surface area contributed by atoms with Crippen LogP contribution in [0.3, 0.4) is 0 Å². The van der Waals surface area contributed by atoms with Gasteiger partial charge in [0.1, 0.15) is 19.3 Å². The highest BCUT2D eigenvalue weighted by Crippen LogP contribution is 2.43. The van der Waals surface area contributed by atoms with Gasteiger partial charge in [-0.2, -0.15) is 0 Å². The fraction of sp³-hybridized carbons (Fsp3) is 0.867. The predicted molar refractivity (Wildman–Crippen MR) is 300 cm³/mol. The summed E-state index contributed by atoms with van der Waals surface area (Å²) in [5.74, 6) is -0.504. The second-order valence-electron chi connectivity index (χ2n) is 21.5. The number of phosphoric ester groups is 1. The number of hydrogen-bond acceptors (Lipinski definition) is 6.